The van der Waals surface area contributed by atoms with Crippen molar-refractivity contribution in [2.75, 3.05) is 32.1 Å². The molecule has 1 heterocycles. The van der Waals surface area contributed by atoms with E-state index in [-0.39, 0.29) is 0 Å². The molecule has 0 aliphatic heterocycles. The van der Waals surface area contributed by atoms with Crippen LogP contribution in [0.4, 0.5) is 5.69 Å². The highest BCUT2D eigenvalue weighted by Crippen LogP contribution is 2.29. The predicted molar refractivity (Wildman–Crippen MR) is 79.9 cm³/mol. The summed E-state index contributed by atoms with van der Waals surface area (Å²) in [6.07, 6.45) is 3.95. The average molecular weight is 259 g/mol. The second-order valence-corrected chi connectivity index (χ2v) is 4.64. The van der Waals surface area contributed by atoms with Gasteiger partial charge in [0.2, 0.25) is 0 Å². The monoisotopic (exact) mass is 259 g/mol. The van der Waals surface area contributed by atoms with Crippen LogP contribution >= 0.6 is 0 Å². The summed E-state index contributed by atoms with van der Waals surface area (Å²) in [7, 11) is 3.77. The molecular formula is C15H21N3O. The van der Waals surface area contributed by atoms with Gasteiger partial charge in [0, 0.05) is 31.2 Å². The van der Waals surface area contributed by atoms with Gasteiger partial charge in [-0.05, 0) is 31.5 Å². The maximum atomic E-state index is 5.54. The van der Waals surface area contributed by atoms with E-state index in [1.54, 1.807) is 7.11 Å². The van der Waals surface area contributed by atoms with E-state index >= 15 is 0 Å². The molecule has 0 spiro atoms. The highest BCUT2D eigenvalue weighted by Gasteiger charge is 2.09. The van der Waals surface area contributed by atoms with Gasteiger partial charge in [-0.3, -0.25) is 4.98 Å². The fraction of sp³-hybridized carbons (Fsp3) is 0.400. The van der Waals surface area contributed by atoms with Crippen LogP contribution in [0.5, 0.6) is 5.75 Å². The van der Waals surface area contributed by atoms with E-state index in [1.807, 2.05) is 24.4 Å². The normalized spacial score (nSPS) is 10.7. The maximum absolute atomic E-state index is 5.54. The highest BCUT2D eigenvalue weighted by molar-refractivity contribution is 5.92. The van der Waals surface area contributed by atoms with Crippen LogP contribution in [-0.2, 0) is 0 Å². The molecule has 102 valence electrons. The smallest absolute Gasteiger partial charge is 0.121 e. The molecule has 2 rings (SSSR count). The number of fused-ring (bicyclic) bond motifs is 1. The molecular weight excluding hydrogens is 238 g/mol. The van der Waals surface area contributed by atoms with Crippen LogP contribution in [0.3, 0.4) is 0 Å². The van der Waals surface area contributed by atoms with Crippen molar-refractivity contribution in [2.24, 2.45) is 5.73 Å². The summed E-state index contributed by atoms with van der Waals surface area (Å²) in [5, 5.41) is 1.10. The number of rotatable bonds is 6. The number of ether oxygens (including phenoxy) is 1. The Hall–Kier alpha value is -1.81. The highest BCUT2D eigenvalue weighted by atomic mass is 16.5. The van der Waals surface area contributed by atoms with E-state index in [0.29, 0.717) is 0 Å². The molecule has 0 atom stereocenters. The molecule has 2 aromatic rings. The standard InChI is InChI=1S/C15H21N3O/c1-18(9-4-3-7-16)14-11-13(19-2)10-12-6-5-8-17-15(12)14/h5-6,8,10-11H,3-4,7,9,16H2,1-2H3. The predicted octanol–water partition coefficient (Wildman–Crippen LogP) is 2.42. The minimum Gasteiger partial charge on any atom is -0.497 e. The molecule has 0 amide bonds. The van der Waals surface area contributed by atoms with Gasteiger partial charge in [-0.2, -0.15) is 0 Å². The molecule has 0 bridgehead atoms. The van der Waals surface area contributed by atoms with Gasteiger partial charge < -0.3 is 15.4 Å². The lowest BCUT2D eigenvalue weighted by molar-refractivity contribution is 0.415. The second kappa shape index (κ2) is 6.38. The zero-order valence-corrected chi connectivity index (χ0v) is 11.6. The van der Waals surface area contributed by atoms with Gasteiger partial charge in [-0.15, -0.1) is 0 Å². The Bertz CT molecular complexity index is 542. The number of hydrogen-bond acceptors (Lipinski definition) is 4. The Kier molecular flexibility index (Phi) is 4.58. The first-order valence-electron chi connectivity index (χ1n) is 6.60. The summed E-state index contributed by atoms with van der Waals surface area (Å²) < 4.78 is 5.36. The molecule has 4 heteroatoms. The fourth-order valence-electron chi connectivity index (χ4n) is 2.17. The van der Waals surface area contributed by atoms with Crippen molar-refractivity contribution in [1.29, 1.82) is 0 Å². The van der Waals surface area contributed by atoms with Crippen LogP contribution in [0.2, 0.25) is 0 Å². The lowest BCUT2D eigenvalue weighted by Crippen LogP contribution is -2.20. The Morgan fingerprint density at radius 3 is 2.89 bits per heavy atom. The number of benzene rings is 1. The van der Waals surface area contributed by atoms with Gasteiger partial charge in [0.1, 0.15) is 5.75 Å². The number of hydrogen-bond donors (Lipinski definition) is 1. The van der Waals surface area contributed by atoms with Crippen LogP contribution in [0.1, 0.15) is 12.8 Å². The molecule has 0 aliphatic carbocycles. The number of pyridine rings is 1. The van der Waals surface area contributed by atoms with Gasteiger partial charge in [0.15, 0.2) is 0 Å². The van der Waals surface area contributed by atoms with Crippen LogP contribution in [-0.4, -0.2) is 32.2 Å². The third-order valence-corrected chi connectivity index (χ3v) is 3.25. The summed E-state index contributed by atoms with van der Waals surface area (Å²) in [6, 6.07) is 8.05. The van der Waals surface area contributed by atoms with Gasteiger partial charge >= 0.3 is 0 Å². The van der Waals surface area contributed by atoms with Crippen molar-refractivity contribution in [3.63, 3.8) is 0 Å². The first-order chi connectivity index (χ1) is 9.26. The average Bonchev–Trinajstić information content (AvgIpc) is 2.46. The van der Waals surface area contributed by atoms with Crippen LogP contribution in [0.25, 0.3) is 10.9 Å². The number of methoxy groups -OCH3 is 1. The lowest BCUT2D eigenvalue weighted by Gasteiger charge is -2.21. The SMILES string of the molecule is COc1cc(N(C)CCCCN)c2ncccc2c1. The van der Waals surface area contributed by atoms with Gasteiger partial charge in [-0.25, -0.2) is 0 Å². The molecule has 1 aromatic heterocycles. The van der Waals surface area contributed by atoms with Crippen molar-refractivity contribution < 1.29 is 4.74 Å². The molecule has 0 fully saturated rings. The van der Waals surface area contributed by atoms with E-state index in [2.05, 4.69) is 23.0 Å². The molecule has 1 aromatic carbocycles. The molecule has 19 heavy (non-hydrogen) atoms. The molecule has 0 aliphatic rings. The van der Waals surface area contributed by atoms with E-state index < -0.39 is 0 Å². The number of unbranched alkanes of at least 4 members (excludes halogenated alkanes) is 1. The molecule has 4 nitrogen and oxygen atoms in total. The van der Waals surface area contributed by atoms with Crippen molar-refractivity contribution in [2.45, 2.75) is 12.8 Å². The fourth-order valence-corrected chi connectivity index (χ4v) is 2.17. The Morgan fingerprint density at radius 2 is 2.16 bits per heavy atom. The second-order valence-electron chi connectivity index (χ2n) is 4.64. The largest absolute Gasteiger partial charge is 0.497 e. The summed E-state index contributed by atoms with van der Waals surface area (Å²) in [5.74, 6) is 0.862. The van der Waals surface area contributed by atoms with Gasteiger partial charge in [0.25, 0.3) is 0 Å². The zero-order valence-electron chi connectivity index (χ0n) is 11.6. The van der Waals surface area contributed by atoms with Crippen LogP contribution in [0, 0.1) is 0 Å². The van der Waals surface area contributed by atoms with E-state index in [4.69, 9.17) is 10.5 Å². The minimum absolute atomic E-state index is 0.741. The molecule has 0 saturated heterocycles. The van der Waals surface area contributed by atoms with Crippen molar-refractivity contribution in [1.82, 2.24) is 4.98 Å². The number of anilines is 1. The molecule has 0 unspecified atom stereocenters. The van der Waals surface area contributed by atoms with Crippen molar-refractivity contribution in [3.05, 3.63) is 30.5 Å². The minimum atomic E-state index is 0.741. The van der Waals surface area contributed by atoms with Crippen LogP contribution in [0.15, 0.2) is 30.5 Å². The van der Waals surface area contributed by atoms with E-state index in [1.165, 1.54) is 0 Å². The van der Waals surface area contributed by atoms with Crippen molar-refractivity contribution >= 4 is 16.6 Å². The molecule has 0 saturated carbocycles. The molecule has 0 radical (unpaired) electrons. The summed E-state index contributed by atoms with van der Waals surface area (Å²) in [5.41, 5.74) is 7.65. The quantitative estimate of drug-likeness (QED) is 0.809. The Balaban J connectivity index is 2.34. The van der Waals surface area contributed by atoms with Crippen LogP contribution < -0.4 is 15.4 Å². The summed E-state index contributed by atoms with van der Waals surface area (Å²) in [6.45, 7) is 1.71. The zero-order chi connectivity index (χ0) is 13.7. The maximum Gasteiger partial charge on any atom is 0.121 e. The number of nitrogens with zero attached hydrogens (tertiary/aromatic N) is 2. The number of nitrogens with two attached hydrogens (primary N) is 1. The topological polar surface area (TPSA) is 51.4 Å². The Labute approximate surface area is 114 Å². The Morgan fingerprint density at radius 1 is 1.32 bits per heavy atom. The van der Waals surface area contributed by atoms with Crippen molar-refractivity contribution in [3.8, 4) is 5.75 Å². The van der Waals surface area contributed by atoms with Gasteiger partial charge in [-0.1, -0.05) is 6.07 Å². The van der Waals surface area contributed by atoms with Gasteiger partial charge in [0.05, 0.1) is 18.3 Å². The first kappa shape index (κ1) is 13.6. The molecule has 2 N–H and O–H groups in total. The summed E-state index contributed by atoms with van der Waals surface area (Å²) >= 11 is 0. The third-order valence-electron chi connectivity index (χ3n) is 3.25. The first-order valence-corrected chi connectivity index (χ1v) is 6.60. The number of aromatic nitrogens is 1. The van der Waals surface area contributed by atoms with E-state index in [9.17, 15) is 0 Å². The lowest BCUT2D eigenvalue weighted by atomic mass is 10.1. The third kappa shape index (κ3) is 3.15. The van der Waals surface area contributed by atoms with E-state index in [0.717, 1.165) is 48.3 Å². The summed E-state index contributed by atoms with van der Waals surface area (Å²) in [4.78, 5) is 6.70.